The van der Waals surface area contributed by atoms with Gasteiger partial charge in [-0.25, -0.2) is 0 Å². The molecule has 1 aromatic heterocycles. The van der Waals surface area contributed by atoms with Gasteiger partial charge in [-0.1, -0.05) is 19.1 Å². The molecule has 2 atom stereocenters. The van der Waals surface area contributed by atoms with Crippen LogP contribution >= 0.6 is 11.3 Å². The van der Waals surface area contributed by atoms with Crippen LogP contribution in [-0.4, -0.2) is 41.2 Å². The fourth-order valence-electron chi connectivity index (χ4n) is 3.97. The van der Waals surface area contributed by atoms with Crippen LogP contribution in [0.5, 0.6) is 5.75 Å². The molecule has 0 radical (unpaired) electrons. The molecule has 1 fully saturated rings. The van der Waals surface area contributed by atoms with E-state index in [0.29, 0.717) is 24.2 Å². The molecule has 2 unspecified atom stereocenters. The minimum atomic E-state index is -0.833. The average molecular weight is 471 g/mol. The van der Waals surface area contributed by atoms with E-state index in [9.17, 15) is 19.2 Å². The number of imide groups is 1. The number of nitrogens with two attached hydrogens (primary N) is 1. The molecule has 3 heterocycles. The normalized spacial score (nSPS) is 18.7. The van der Waals surface area contributed by atoms with Crippen molar-refractivity contribution in [2.75, 3.05) is 6.61 Å². The van der Waals surface area contributed by atoms with Crippen LogP contribution in [0.1, 0.15) is 58.6 Å². The van der Waals surface area contributed by atoms with Crippen molar-refractivity contribution < 1.29 is 23.9 Å². The molecule has 2 aromatic rings. The molecule has 33 heavy (non-hydrogen) atoms. The molecule has 174 valence electrons. The summed E-state index contributed by atoms with van der Waals surface area (Å²) in [4.78, 5) is 51.4. The highest BCUT2D eigenvalue weighted by Gasteiger charge is 2.40. The van der Waals surface area contributed by atoms with E-state index in [1.807, 2.05) is 6.92 Å². The van der Waals surface area contributed by atoms with Crippen molar-refractivity contribution >= 4 is 35.0 Å². The zero-order valence-corrected chi connectivity index (χ0v) is 19.1. The first kappa shape index (κ1) is 22.9. The molecule has 4 rings (SSSR count). The Hall–Kier alpha value is -3.24. The van der Waals surface area contributed by atoms with Gasteiger partial charge in [0.1, 0.15) is 17.8 Å². The van der Waals surface area contributed by atoms with E-state index < -0.39 is 18.0 Å². The highest BCUT2D eigenvalue weighted by Crippen LogP contribution is 2.33. The number of rotatable bonds is 8. The van der Waals surface area contributed by atoms with Gasteiger partial charge in [0.05, 0.1) is 18.7 Å². The number of hydrogen-bond donors (Lipinski definition) is 3. The summed E-state index contributed by atoms with van der Waals surface area (Å²) in [5.74, 6) is -0.589. The monoisotopic (exact) mass is 470 g/mol. The van der Waals surface area contributed by atoms with Gasteiger partial charge in [0.15, 0.2) is 0 Å². The summed E-state index contributed by atoms with van der Waals surface area (Å²) in [6, 6.07) is 5.63. The Balaban J connectivity index is 1.36. The van der Waals surface area contributed by atoms with Crippen LogP contribution in [0.25, 0.3) is 0 Å². The second-order valence-electron chi connectivity index (χ2n) is 8.06. The summed E-state index contributed by atoms with van der Waals surface area (Å²) in [7, 11) is 0. The number of nitrogens with one attached hydrogen (secondary N) is 2. The minimum absolute atomic E-state index is 0.208. The third-order valence-corrected chi connectivity index (χ3v) is 6.83. The van der Waals surface area contributed by atoms with Gasteiger partial charge in [-0.05, 0) is 36.1 Å². The van der Waals surface area contributed by atoms with E-state index in [2.05, 4.69) is 10.6 Å². The third-order valence-electron chi connectivity index (χ3n) is 5.80. The van der Waals surface area contributed by atoms with Gasteiger partial charge in [0, 0.05) is 23.2 Å². The van der Waals surface area contributed by atoms with Gasteiger partial charge < -0.3 is 20.7 Å². The van der Waals surface area contributed by atoms with E-state index in [4.69, 9.17) is 10.5 Å². The lowest BCUT2D eigenvalue weighted by molar-refractivity contribution is -0.137. The number of thiophene rings is 1. The first-order chi connectivity index (χ1) is 15.9. The van der Waals surface area contributed by atoms with E-state index in [1.165, 1.54) is 16.2 Å². The Morgan fingerprint density at radius 2 is 2.06 bits per heavy atom. The first-order valence-corrected chi connectivity index (χ1v) is 11.8. The van der Waals surface area contributed by atoms with E-state index in [0.717, 1.165) is 22.6 Å². The van der Waals surface area contributed by atoms with Crippen LogP contribution in [0, 0.1) is 0 Å². The van der Waals surface area contributed by atoms with E-state index >= 15 is 0 Å². The second-order valence-corrected chi connectivity index (χ2v) is 9.03. The van der Waals surface area contributed by atoms with E-state index in [-0.39, 0.29) is 37.2 Å². The maximum absolute atomic E-state index is 12.8. The van der Waals surface area contributed by atoms with Gasteiger partial charge in [0.25, 0.3) is 5.91 Å². The average Bonchev–Trinajstić information content (AvgIpc) is 3.36. The Bertz CT molecular complexity index is 1080. The van der Waals surface area contributed by atoms with Gasteiger partial charge >= 0.3 is 0 Å². The second kappa shape index (κ2) is 9.72. The van der Waals surface area contributed by atoms with Crippen LogP contribution in [0.4, 0.5) is 0 Å². The Kier molecular flexibility index (Phi) is 6.75. The van der Waals surface area contributed by atoms with Crippen LogP contribution in [-0.2, 0) is 27.5 Å². The molecule has 0 bridgehead atoms. The molecule has 2 aliphatic heterocycles. The number of fused-ring (bicyclic) bond motifs is 1. The van der Waals surface area contributed by atoms with Crippen molar-refractivity contribution in [3.05, 3.63) is 51.2 Å². The summed E-state index contributed by atoms with van der Waals surface area (Å²) < 4.78 is 5.55. The Morgan fingerprint density at radius 3 is 2.76 bits per heavy atom. The van der Waals surface area contributed by atoms with Crippen LogP contribution in [0.3, 0.4) is 0 Å². The summed E-state index contributed by atoms with van der Waals surface area (Å²) in [6.07, 6.45) is 1.43. The molecule has 1 aromatic carbocycles. The van der Waals surface area contributed by atoms with Crippen LogP contribution < -0.4 is 21.1 Å². The predicted molar refractivity (Wildman–Crippen MR) is 121 cm³/mol. The molecule has 2 aliphatic rings. The molecule has 1 saturated heterocycles. The third kappa shape index (κ3) is 4.76. The lowest BCUT2D eigenvalue weighted by atomic mass is 10.0. The smallest absolute Gasteiger partial charge is 0.256 e. The lowest BCUT2D eigenvalue weighted by Crippen LogP contribution is -2.52. The summed E-state index contributed by atoms with van der Waals surface area (Å²) in [5, 5.41) is 6.89. The SMILES string of the molecule is CCCOc1ccc(C(N)C(=O)NCc2scc3c2CN(C2CCC(=O)NC2=O)C3=O)cc1. The van der Waals surface area contributed by atoms with Gasteiger partial charge in [0.2, 0.25) is 17.7 Å². The zero-order valence-electron chi connectivity index (χ0n) is 18.3. The maximum atomic E-state index is 12.8. The number of piperidine rings is 1. The molecule has 0 spiro atoms. The zero-order chi connectivity index (χ0) is 23.5. The van der Waals surface area contributed by atoms with Crippen molar-refractivity contribution in [1.29, 1.82) is 0 Å². The molecular formula is C23H26N4O5S. The van der Waals surface area contributed by atoms with Crippen molar-refractivity contribution in [3.63, 3.8) is 0 Å². The van der Waals surface area contributed by atoms with Gasteiger partial charge in [-0.3, -0.25) is 24.5 Å². The molecular weight excluding hydrogens is 444 g/mol. The van der Waals surface area contributed by atoms with Gasteiger partial charge in [-0.2, -0.15) is 0 Å². The fraction of sp³-hybridized carbons (Fsp3) is 0.391. The number of nitrogens with zero attached hydrogens (tertiary/aromatic N) is 1. The highest BCUT2D eigenvalue weighted by molar-refractivity contribution is 7.10. The number of carbonyl (C=O) groups is 4. The molecule has 0 saturated carbocycles. The number of ether oxygens (including phenoxy) is 1. The summed E-state index contributed by atoms with van der Waals surface area (Å²) in [5.41, 5.74) is 8.15. The van der Waals surface area contributed by atoms with Crippen LogP contribution in [0.15, 0.2) is 29.6 Å². The van der Waals surface area contributed by atoms with Crippen LogP contribution in [0.2, 0.25) is 0 Å². The van der Waals surface area contributed by atoms with Crippen molar-refractivity contribution in [3.8, 4) is 5.75 Å². The topological polar surface area (TPSA) is 131 Å². The number of hydrogen-bond acceptors (Lipinski definition) is 7. The fourth-order valence-corrected chi connectivity index (χ4v) is 4.95. The Morgan fingerprint density at radius 1 is 1.30 bits per heavy atom. The number of carbonyl (C=O) groups excluding carboxylic acids is 4. The quantitative estimate of drug-likeness (QED) is 0.503. The maximum Gasteiger partial charge on any atom is 0.256 e. The summed E-state index contributed by atoms with van der Waals surface area (Å²) in [6.45, 7) is 3.17. The molecule has 0 aliphatic carbocycles. The number of amides is 4. The first-order valence-electron chi connectivity index (χ1n) is 10.9. The van der Waals surface area contributed by atoms with Crippen molar-refractivity contribution in [2.24, 2.45) is 5.73 Å². The predicted octanol–water partition coefficient (Wildman–Crippen LogP) is 1.61. The summed E-state index contributed by atoms with van der Waals surface area (Å²) >= 11 is 1.39. The Labute approximate surface area is 195 Å². The number of benzene rings is 1. The largest absolute Gasteiger partial charge is 0.494 e. The highest BCUT2D eigenvalue weighted by atomic mass is 32.1. The van der Waals surface area contributed by atoms with Gasteiger partial charge in [-0.15, -0.1) is 11.3 Å². The molecule has 9 nitrogen and oxygen atoms in total. The molecule has 4 N–H and O–H groups in total. The molecule has 4 amide bonds. The molecule has 10 heteroatoms. The van der Waals surface area contributed by atoms with Crippen molar-refractivity contribution in [2.45, 2.75) is 51.4 Å². The standard InChI is InChI=1S/C23H26N4O5S/c1-2-9-32-14-5-3-13(4-6-14)20(24)22(30)25-10-18-15-11-27(23(31)16(15)12-33-18)17-7-8-19(28)26-21(17)29/h3-6,12,17,20H,2,7-11,24H2,1H3,(H,25,30)(H,26,28,29). The minimum Gasteiger partial charge on any atom is -0.494 e. The lowest BCUT2D eigenvalue weighted by Gasteiger charge is -2.29. The van der Waals surface area contributed by atoms with Crippen molar-refractivity contribution in [1.82, 2.24) is 15.5 Å². The van der Waals surface area contributed by atoms with E-state index in [1.54, 1.807) is 29.6 Å².